The number of primary sulfonamides is 1. The summed E-state index contributed by atoms with van der Waals surface area (Å²) in [6.45, 7) is 5.72. The summed E-state index contributed by atoms with van der Waals surface area (Å²) >= 11 is 11.8. The maximum atomic E-state index is 12.1. The highest BCUT2D eigenvalue weighted by molar-refractivity contribution is 7.89. The summed E-state index contributed by atoms with van der Waals surface area (Å²) in [5.74, 6) is -0.279. The molecule has 0 bridgehead atoms. The van der Waals surface area contributed by atoms with Gasteiger partial charge < -0.3 is 5.32 Å². The van der Waals surface area contributed by atoms with Crippen molar-refractivity contribution in [2.24, 2.45) is 11.1 Å². The van der Waals surface area contributed by atoms with Crippen LogP contribution >= 0.6 is 23.2 Å². The van der Waals surface area contributed by atoms with Gasteiger partial charge in [-0.1, -0.05) is 37.0 Å². The first-order valence-electron chi connectivity index (χ1n) is 5.86. The minimum atomic E-state index is -3.97. The number of carbonyl (C=O) groups excluding carboxylic acids is 1. The van der Waals surface area contributed by atoms with Gasteiger partial charge in [-0.15, -0.1) is 0 Å². The molecule has 1 rings (SSSR count). The summed E-state index contributed by atoms with van der Waals surface area (Å²) in [4.78, 5) is 11.9. The highest BCUT2D eigenvalue weighted by Gasteiger charge is 2.20. The summed E-state index contributed by atoms with van der Waals surface area (Å²) in [7, 11) is -3.97. The van der Waals surface area contributed by atoms with Crippen LogP contribution in [0.1, 0.15) is 31.1 Å². The number of benzene rings is 1. The van der Waals surface area contributed by atoms with Crippen LogP contribution in [0.5, 0.6) is 0 Å². The predicted octanol–water partition coefficient (Wildman–Crippen LogP) is 2.42. The number of hydrogen-bond acceptors (Lipinski definition) is 3. The van der Waals surface area contributed by atoms with Crippen LogP contribution in [-0.4, -0.2) is 20.4 Å². The van der Waals surface area contributed by atoms with Gasteiger partial charge in [-0.25, -0.2) is 13.6 Å². The van der Waals surface area contributed by atoms with Crippen molar-refractivity contribution in [3.63, 3.8) is 0 Å². The third kappa shape index (κ3) is 4.09. The van der Waals surface area contributed by atoms with Crippen LogP contribution in [0.3, 0.4) is 0 Å². The molecule has 0 aliphatic carbocycles. The molecule has 0 heterocycles. The molecule has 3 N–H and O–H groups in total. The molecule has 1 aromatic rings. The fourth-order valence-electron chi connectivity index (χ4n) is 1.34. The SMILES string of the molecule is CC(C)C(C)NC(=O)c1cc(S(N)(=O)=O)cc(Cl)c1Cl. The summed E-state index contributed by atoms with van der Waals surface area (Å²) in [5.41, 5.74) is -0.0179. The molecule has 0 spiro atoms. The summed E-state index contributed by atoms with van der Waals surface area (Å²) in [6, 6.07) is 2.13. The van der Waals surface area contributed by atoms with Crippen molar-refractivity contribution in [3.05, 3.63) is 27.7 Å². The van der Waals surface area contributed by atoms with Crippen molar-refractivity contribution in [3.8, 4) is 0 Å². The van der Waals surface area contributed by atoms with Gasteiger partial charge in [-0.3, -0.25) is 4.79 Å². The highest BCUT2D eigenvalue weighted by Crippen LogP contribution is 2.29. The van der Waals surface area contributed by atoms with E-state index in [-0.39, 0.29) is 32.5 Å². The molecule has 5 nitrogen and oxygen atoms in total. The van der Waals surface area contributed by atoms with E-state index in [4.69, 9.17) is 28.3 Å². The van der Waals surface area contributed by atoms with Gasteiger partial charge in [-0.05, 0) is 25.0 Å². The first kappa shape index (κ1) is 17.2. The second-order valence-electron chi connectivity index (χ2n) is 4.82. The van der Waals surface area contributed by atoms with Crippen molar-refractivity contribution >= 4 is 39.1 Å². The normalized spacial score (nSPS) is 13.3. The van der Waals surface area contributed by atoms with Gasteiger partial charge in [0.15, 0.2) is 0 Å². The van der Waals surface area contributed by atoms with Gasteiger partial charge in [0, 0.05) is 6.04 Å². The molecule has 1 amide bonds. The van der Waals surface area contributed by atoms with Gasteiger partial charge in [0.2, 0.25) is 10.0 Å². The first-order chi connectivity index (χ1) is 9.04. The van der Waals surface area contributed by atoms with E-state index in [1.54, 1.807) is 0 Å². The minimum Gasteiger partial charge on any atom is -0.349 e. The maximum absolute atomic E-state index is 12.1. The lowest BCUT2D eigenvalue weighted by atomic mass is 10.1. The third-order valence-corrected chi connectivity index (χ3v) is 4.63. The van der Waals surface area contributed by atoms with E-state index in [1.165, 1.54) is 0 Å². The van der Waals surface area contributed by atoms with E-state index in [2.05, 4.69) is 5.32 Å². The molecule has 0 saturated heterocycles. The van der Waals surface area contributed by atoms with E-state index in [1.807, 2.05) is 20.8 Å². The topological polar surface area (TPSA) is 89.3 Å². The third-order valence-electron chi connectivity index (χ3n) is 2.93. The van der Waals surface area contributed by atoms with E-state index < -0.39 is 15.9 Å². The molecule has 0 radical (unpaired) electrons. The zero-order valence-electron chi connectivity index (χ0n) is 11.3. The molecule has 0 aliphatic heterocycles. The molecule has 0 saturated carbocycles. The molecule has 1 aromatic carbocycles. The maximum Gasteiger partial charge on any atom is 0.253 e. The van der Waals surface area contributed by atoms with E-state index in [9.17, 15) is 13.2 Å². The number of sulfonamides is 1. The molecule has 0 fully saturated rings. The summed E-state index contributed by atoms with van der Waals surface area (Å²) in [6.07, 6.45) is 0. The van der Waals surface area contributed by atoms with Crippen molar-refractivity contribution < 1.29 is 13.2 Å². The number of amides is 1. The van der Waals surface area contributed by atoms with Crippen LogP contribution in [0.25, 0.3) is 0 Å². The Bertz CT molecular complexity index is 630. The molecular formula is C12H16Cl2N2O3S. The van der Waals surface area contributed by atoms with Gasteiger partial charge in [0.25, 0.3) is 5.91 Å². The van der Waals surface area contributed by atoms with Gasteiger partial charge >= 0.3 is 0 Å². The van der Waals surface area contributed by atoms with Crippen LogP contribution in [0.4, 0.5) is 0 Å². The molecule has 1 unspecified atom stereocenters. The summed E-state index contributed by atoms with van der Waals surface area (Å²) < 4.78 is 22.7. The quantitative estimate of drug-likeness (QED) is 0.883. The Morgan fingerprint density at radius 2 is 1.80 bits per heavy atom. The minimum absolute atomic E-state index is 0.00692. The van der Waals surface area contributed by atoms with Crippen molar-refractivity contribution in [1.29, 1.82) is 0 Å². The van der Waals surface area contributed by atoms with Gasteiger partial charge in [-0.2, -0.15) is 0 Å². The predicted molar refractivity (Wildman–Crippen MR) is 79.6 cm³/mol. The monoisotopic (exact) mass is 338 g/mol. The molecule has 20 heavy (non-hydrogen) atoms. The van der Waals surface area contributed by atoms with Gasteiger partial charge in [0.1, 0.15) is 0 Å². The number of hydrogen-bond donors (Lipinski definition) is 2. The number of nitrogens with one attached hydrogen (secondary N) is 1. The zero-order chi connectivity index (χ0) is 15.7. The Kier molecular flexibility index (Phi) is 5.43. The fourth-order valence-corrected chi connectivity index (χ4v) is 2.39. The zero-order valence-corrected chi connectivity index (χ0v) is 13.6. The highest BCUT2D eigenvalue weighted by atomic mass is 35.5. The van der Waals surface area contributed by atoms with Crippen molar-refractivity contribution in [2.75, 3.05) is 0 Å². The van der Waals surface area contributed by atoms with Crippen LogP contribution in [-0.2, 0) is 10.0 Å². The Morgan fingerprint density at radius 1 is 1.25 bits per heavy atom. The largest absolute Gasteiger partial charge is 0.349 e. The number of rotatable bonds is 4. The number of carbonyl (C=O) groups is 1. The average molecular weight is 339 g/mol. The van der Waals surface area contributed by atoms with Gasteiger partial charge in [0.05, 0.1) is 20.5 Å². The molecule has 1 atom stereocenters. The van der Waals surface area contributed by atoms with Crippen molar-refractivity contribution in [2.45, 2.75) is 31.7 Å². The Balaban J connectivity index is 3.24. The Morgan fingerprint density at radius 3 is 2.25 bits per heavy atom. The second-order valence-corrected chi connectivity index (χ2v) is 7.16. The van der Waals surface area contributed by atoms with E-state index in [0.717, 1.165) is 12.1 Å². The second kappa shape index (κ2) is 6.30. The molecule has 0 aliphatic rings. The molecule has 0 aromatic heterocycles. The fraction of sp³-hybridized carbons (Fsp3) is 0.417. The molecule has 8 heteroatoms. The van der Waals surface area contributed by atoms with Crippen LogP contribution in [0.2, 0.25) is 10.0 Å². The lowest BCUT2D eigenvalue weighted by molar-refractivity contribution is 0.0930. The first-order valence-corrected chi connectivity index (χ1v) is 8.17. The lowest BCUT2D eigenvalue weighted by Gasteiger charge is -2.18. The van der Waals surface area contributed by atoms with Crippen molar-refractivity contribution in [1.82, 2.24) is 5.32 Å². The van der Waals surface area contributed by atoms with Crippen LogP contribution in [0, 0.1) is 5.92 Å². The Hall–Kier alpha value is -0.820. The molecule has 112 valence electrons. The summed E-state index contributed by atoms with van der Waals surface area (Å²) in [5, 5.41) is 7.71. The lowest BCUT2D eigenvalue weighted by Crippen LogP contribution is -2.36. The molecular weight excluding hydrogens is 323 g/mol. The standard InChI is InChI=1S/C12H16Cl2N2O3S/c1-6(2)7(3)16-12(17)9-4-8(20(15,18)19)5-10(13)11(9)14/h4-7H,1-3H3,(H,16,17)(H2,15,18,19). The van der Waals surface area contributed by atoms with Crippen LogP contribution < -0.4 is 10.5 Å². The van der Waals surface area contributed by atoms with E-state index in [0.29, 0.717) is 0 Å². The number of nitrogens with two attached hydrogens (primary N) is 1. The average Bonchev–Trinajstić information content (AvgIpc) is 2.30. The smallest absolute Gasteiger partial charge is 0.253 e. The number of halogens is 2. The van der Waals surface area contributed by atoms with Crippen LogP contribution in [0.15, 0.2) is 17.0 Å². The van der Waals surface area contributed by atoms with E-state index >= 15 is 0 Å². The Labute approximate surface area is 128 Å².